The summed E-state index contributed by atoms with van der Waals surface area (Å²) in [6.45, 7) is 2.13. The summed E-state index contributed by atoms with van der Waals surface area (Å²) in [5, 5.41) is 12.1. The Hall–Kier alpha value is -4.04. The van der Waals surface area contributed by atoms with Crippen molar-refractivity contribution >= 4 is 38.9 Å². The molecule has 4 aromatic rings. The Bertz CT molecular complexity index is 1560. The number of ether oxygens (including phenoxy) is 1. The van der Waals surface area contributed by atoms with Gasteiger partial charge in [0.2, 0.25) is 0 Å². The van der Waals surface area contributed by atoms with Gasteiger partial charge in [-0.05, 0) is 85.8 Å². The zero-order chi connectivity index (χ0) is 25.4. The van der Waals surface area contributed by atoms with Crippen molar-refractivity contribution in [3.05, 3.63) is 83.2 Å². The van der Waals surface area contributed by atoms with Gasteiger partial charge in [0.15, 0.2) is 0 Å². The zero-order valence-corrected chi connectivity index (χ0v) is 21.1. The minimum Gasteiger partial charge on any atom is -0.465 e. The molecular formula is C32H31N3O2. The maximum absolute atomic E-state index is 12.7. The minimum atomic E-state index is -0.525. The second-order valence-corrected chi connectivity index (χ2v) is 10.0. The first-order valence-electron chi connectivity index (χ1n) is 13.4. The molecule has 2 aromatic carbocycles. The monoisotopic (exact) mass is 489 g/mol. The molecule has 2 unspecified atom stereocenters. The van der Waals surface area contributed by atoms with Crippen LogP contribution in [0, 0.1) is 17.2 Å². The van der Waals surface area contributed by atoms with Gasteiger partial charge in [0, 0.05) is 33.4 Å². The van der Waals surface area contributed by atoms with Crippen molar-refractivity contribution in [2.24, 2.45) is 5.92 Å². The molecule has 2 heterocycles. The highest BCUT2D eigenvalue weighted by Crippen LogP contribution is 2.51. The molecule has 0 bridgehead atoms. The van der Waals surface area contributed by atoms with Gasteiger partial charge in [0.25, 0.3) is 0 Å². The molecule has 37 heavy (non-hydrogen) atoms. The van der Waals surface area contributed by atoms with E-state index in [-0.39, 0.29) is 5.97 Å². The largest absolute Gasteiger partial charge is 0.465 e. The van der Waals surface area contributed by atoms with Crippen LogP contribution >= 0.6 is 0 Å². The molecule has 0 radical (unpaired) electrons. The number of allylic oxidation sites excluding steroid dienone is 4. The molecule has 186 valence electrons. The van der Waals surface area contributed by atoms with Crippen molar-refractivity contribution < 1.29 is 9.53 Å². The van der Waals surface area contributed by atoms with E-state index in [0.29, 0.717) is 6.61 Å². The number of esters is 1. The van der Waals surface area contributed by atoms with Crippen LogP contribution in [0.5, 0.6) is 0 Å². The van der Waals surface area contributed by atoms with Crippen LogP contribution in [0.1, 0.15) is 68.3 Å². The van der Waals surface area contributed by atoms with Gasteiger partial charge in [-0.1, -0.05) is 42.5 Å². The Morgan fingerprint density at radius 2 is 1.84 bits per heavy atom. The van der Waals surface area contributed by atoms with Crippen molar-refractivity contribution in [1.29, 1.82) is 5.26 Å². The van der Waals surface area contributed by atoms with Crippen LogP contribution in [0.2, 0.25) is 0 Å². The molecular weight excluding hydrogens is 458 g/mol. The molecule has 0 saturated carbocycles. The predicted molar refractivity (Wildman–Crippen MR) is 148 cm³/mol. The third kappa shape index (κ3) is 4.07. The number of benzene rings is 2. The first kappa shape index (κ1) is 23.4. The van der Waals surface area contributed by atoms with Gasteiger partial charge >= 0.3 is 5.97 Å². The normalized spacial score (nSPS) is 20.2. The lowest BCUT2D eigenvalue weighted by Crippen LogP contribution is -2.28. The zero-order valence-electron chi connectivity index (χ0n) is 21.1. The number of nitrogens with zero attached hydrogens (tertiary/aromatic N) is 1. The number of carbonyl (C=O) groups is 1. The summed E-state index contributed by atoms with van der Waals surface area (Å²) in [5.41, 5.74) is 9.42. The molecule has 0 fully saturated rings. The van der Waals surface area contributed by atoms with Gasteiger partial charge in [-0.15, -0.1) is 0 Å². The number of hydrogen-bond acceptors (Lipinski definition) is 3. The van der Waals surface area contributed by atoms with Crippen molar-refractivity contribution in [2.45, 2.75) is 51.4 Å². The molecule has 2 atom stereocenters. The van der Waals surface area contributed by atoms with E-state index in [1.54, 1.807) is 6.92 Å². The van der Waals surface area contributed by atoms with Gasteiger partial charge in [-0.2, -0.15) is 5.26 Å². The number of carbonyl (C=O) groups excluding carboxylic acids is 1. The standard InChI is InChI=1S/C19H18N2O2.C13H13N/c1-2-23-19(22)17-14(10-20)11-7-5-8-12(11)18-16(17)13-6-3-4-9-15(13)21-18;1-2-6-10(5-1)13-9-11-7-3-4-8-12(11)14-13/h3-4,6,9,14,17,21H,2,5,7-8H2,1H3;3-5,7-9,14H,1-2,6H2. The lowest BCUT2D eigenvalue weighted by atomic mass is 9.74. The Balaban J connectivity index is 0.000000153. The molecule has 0 amide bonds. The smallest absolute Gasteiger partial charge is 0.315 e. The van der Waals surface area contributed by atoms with Gasteiger partial charge in [-0.3, -0.25) is 4.79 Å². The number of rotatable bonds is 3. The maximum atomic E-state index is 12.7. The van der Waals surface area contributed by atoms with Gasteiger partial charge in [-0.25, -0.2) is 0 Å². The third-order valence-corrected chi connectivity index (χ3v) is 7.92. The minimum absolute atomic E-state index is 0.288. The second kappa shape index (κ2) is 9.78. The number of aromatic nitrogens is 2. The summed E-state index contributed by atoms with van der Waals surface area (Å²) in [7, 11) is 0. The van der Waals surface area contributed by atoms with Crippen molar-refractivity contribution in [2.75, 3.05) is 6.61 Å². The summed E-state index contributed by atoms with van der Waals surface area (Å²) in [5.74, 6) is -1.22. The SMILES string of the molecule is C1=C(c2cc3ccccc3[nH]2)CCC1.CCOC(=O)C1c2c([nH]c3ccccc23)C2=C(CCC2)C1C#N. The average molecular weight is 490 g/mol. The lowest BCUT2D eigenvalue weighted by molar-refractivity contribution is -0.145. The maximum Gasteiger partial charge on any atom is 0.315 e. The van der Waals surface area contributed by atoms with Crippen molar-refractivity contribution in [3.8, 4) is 6.07 Å². The molecule has 0 saturated heterocycles. The van der Waals surface area contributed by atoms with E-state index in [9.17, 15) is 10.1 Å². The summed E-state index contributed by atoms with van der Waals surface area (Å²) < 4.78 is 5.31. The number of hydrogen-bond donors (Lipinski definition) is 2. The lowest BCUT2D eigenvalue weighted by Gasteiger charge is -2.28. The summed E-state index contributed by atoms with van der Waals surface area (Å²) >= 11 is 0. The fraction of sp³-hybridized carbons (Fsp3) is 0.312. The fourth-order valence-corrected chi connectivity index (χ4v) is 6.29. The Labute approximate surface area is 216 Å². The second-order valence-electron chi connectivity index (χ2n) is 10.0. The number of nitriles is 1. The van der Waals surface area contributed by atoms with Crippen LogP contribution < -0.4 is 0 Å². The van der Waals surface area contributed by atoms with Gasteiger partial charge < -0.3 is 14.7 Å². The Morgan fingerprint density at radius 1 is 1.03 bits per heavy atom. The highest BCUT2D eigenvalue weighted by atomic mass is 16.5. The summed E-state index contributed by atoms with van der Waals surface area (Å²) in [6, 6.07) is 21.1. The van der Waals surface area contributed by atoms with Gasteiger partial charge in [0.05, 0.1) is 18.6 Å². The van der Waals surface area contributed by atoms with Crippen LogP contribution in [0.25, 0.3) is 33.0 Å². The van der Waals surface area contributed by atoms with E-state index in [1.807, 2.05) is 24.3 Å². The summed E-state index contributed by atoms with van der Waals surface area (Å²) in [6.07, 6.45) is 9.06. The first-order chi connectivity index (χ1) is 18.2. The topological polar surface area (TPSA) is 81.7 Å². The molecule has 2 aromatic heterocycles. The Morgan fingerprint density at radius 3 is 2.59 bits per heavy atom. The molecule has 0 spiro atoms. The first-order valence-corrected chi connectivity index (χ1v) is 13.4. The molecule has 5 nitrogen and oxygen atoms in total. The molecule has 5 heteroatoms. The van der Waals surface area contributed by atoms with E-state index in [2.05, 4.69) is 52.4 Å². The molecule has 7 rings (SSSR count). The third-order valence-electron chi connectivity index (χ3n) is 7.92. The number of H-pyrrole nitrogens is 2. The number of para-hydroxylation sites is 2. The fourth-order valence-electron chi connectivity index (χ4n) is 6.29. The highest BCUT2D eigenvalue weighted by molar-refractivity contribution is 5.98. The number of fused-ring (bicyclic) bond motifs is 5. The van der Waals surface area contributed by atoms with E-state index in [1.165, 1.54) is 47.0 Å². The van der Waals surface area contributed by atoms with E-state index in [4.69, 9.17) is 4.74 Å². The predicted octanol–water partition coefficient (Wildman–Crippen LogP) is 7.64. The molecule has 0 aliphatic heterocycles. The van der Waals surface area contributed by atoms with Crippen molar-refractivity contribution in [3.63, 3.8) is 0 Å². The van der Waals surface area contributed by atoms with Crippen molar-refractivity contribution in [1.82, 2.24) is 9.97 Å². The summed E-state index contributed by atoms with van der Waals surface area (Å²) in [4.78, 5) is 19.6. The van der Waals surface area contributed by atoms with Crippen LogP contribution in [0.3, 0.4) is 0 Å². The number of nitrogens with one attached hydrogen (secondary N) is 2. The van der Waals surface area contributed by atoms with E-state index in [0.717, 1.165) is 47.0 Å². The molecule has 3 aliphatic rings. The molecule has 2 N–H and O–H groups in total. The quantitative estimate of drug-likeness (QED) is 0.290. The van der Waals surface area contributed by atoms with Gasteiger partial charge in [0.1, 0.15) is 5.92 Å². The highest BCUT2D eigenvalue weighted by Gasteiger charge is 2.44. The van der Waals surface area contributed by atoms with Crippen LogP contribution in [-0.4, -0.2) is 22.5 Å². The Kier molecular flexibility index (Phi) is 6.18. The average Bonchev–Trinajstić information content (AvgIpc) is 3.72. The van der Waals surface area contributed by atoms with E-state index >= 15 is 0 Å². The molecule has 3 aliphatic carbocycles. The van der Waals surface area contributed by atoms with Crippen LogP contribution in [0.15, 0.2) is 66.2 Å². The van der Waals surface area contributed by atoms with Crippen LogP contribution in [0.4, 0.5) is 0 Å². The van der Waals surface area contributed by atoms with Crippen LogP contribution in [-0.2, 0) is 9.53 Å². The number of aromatic amines is 2. The van der Waals surface area contributed by atoms with E-state index < -0.39 is 11.8 Å².